The van der Waals surface area contributed by atoms with Crippen LogP contribution in [0.3, 0.4) is 0 Å². The molecule has 1 rings (SSSR count). The number of methoxy groups -OCH3 is 2. The SMILES string of the molecule is COC[C@@H](COc1ccc(NC(=O)CC[S+](C)C)cc1)OC. The summed E-state index contributed by atoms with van der Waals surface area (Å²) in [6.07, 6.45) is 4.73. The average molecular weight is 328 g/mol. The molecule has 0 aliphatic heterocycles. The van der Waals surface area contributed by atoms with Crippen molar-refractivity contribution < 1.29 is 19.0 Å². The lowest BCUT2D eigenvalue weighted by Gasteiger charge is -2.15. The van der Waals surface area contributed by atoms with Crippen LogP contribution in [0, 0.1) is 0 Å². The summed E-state index contributed by atoms with van der Waals surface area (Å²) in [4.78, 5) is 11.8. The predicted molar refractivity (Wildman–Crippen MR) is 91.9 cm³/mol. The summed E-state index contributed by atoms with van der Waals surface area (Å²) in [5.41, 5.74) is 0.782. The minimum Gasteiger partial charge on any atom is -0.491 e. The van der Waals surface area contributed by atoms with Gasteiger partial charge in [-0.15, -0.1) is 0 Å². The lowest BCUT2D eigenvalue weighted by atomic mass is 10.3. The van der Waals surface area contributed by atoms with Gasteiger partial charge in [-0.1, -0.05) is 0 Å². The molecule has 1 atom stereocenters. The number of benzene rings is 1. The molecule has 1 aromatic carbocycles. The van der Waals surface area contributed by atoms with Crippen LogP contribution in [0.5, 0.6) is 5.75 Å². The van der Waals surface area contributed by atoms with Crippen LogP contribution in [-0.2, 0) is 25.2 Å². The fourth-order valence-electron chi connectivity index (χ4n) is 1.71. The highest BCUT2D eigenvalue weighted by Crippen LogP contribution is 2.16. The summed E-state index contributed by atoms with van der Waals surface area (Å²) in [6.45, 7) is 0.909. The molecule has 0 spiro atoms. The summed E-state index contributed by atoms with van der Waals surface area (Å²) in [6, 6.07) is 7.34. The van der Waals surface area contributed by atoms with Crippen LogP contribution in [0.2, 0.25) is 0 Å². The van der Waals surface area contributed by atoms with E-state index in [9.17, 15) is 4.79 Å². The molecule has 0 saturated heterocycles. The van der Waals surface area contributed by atoms with Gasteiger partial charge in [0.2, 0.25) is 5.91 Å². The van der Waals surface area contributed by atoms with Crippen LogP contribution >= 0.6 is 0 Å². The summed E-state index contributed by atoms with van der Waals surface area (Å²) in [7, 11) is 3.55. The predicted octanol–water partition coefficient (Wildman–Crippen LogP) is 1.93. The Bertz CT molecular complexity index is 436. The molecule has 5 nitrogen and oxygen atoms in total. The molecule has 0 saturated carbocycles. The van der Waals surface area contributed by atoms with Crippen molar-refractivity contribution in [3.05, 3.63) is 24.3 Å². The van der Waals surface area contributed by atoms with Crippen molar-refractivity contribution in [2.75, 3.05) is 51.0 Å². The Morgan fingerprint density at radius 2 is 1.86 bits per heavy atom. The Labute approximate surface area is 135 Å². The molecular formula is C16H26NO4S+. The molecule has 0 aromatic heterocycles. The number of anilines is 1. The van der Waals surface area contributed by atoms with Crippen LogP contribution < -0.4 is 10.1 Å². The van der Waals surface area contributed by atoms with Crippen molar-refractivity contribution >= 4 is 22.5 Å². The number of nitrogens with one attached hydrogen (secondary N) is 1. The van der Waals surface area contributed by atoms with E-state index in [1.165, 1.54) is 0 Å². The molecule has 0 unspecified atom stereocenters. The first-order chi connectivity index (χ1) is 10.5. The van der Waals surface area contributed by atoms with Gasteiger partial charge >= 0.3 is 0 Å². The molecule has 1 amide bonds. The smallest absolute Gasteiger partial charge is 0.229 e. The Kier molecular flexibility index (Phi) is 8.96. The molecule has 0 bridgehead atoms. The lowest BCUT2D eigenvalue weighted by Crippen LogP contribution is -2.25. The number of hydrogen-bond donors (Lipinski definition) is 1. The number of ether oxygens (including phenoxy) is 3. The van der Waals surface area contributed by atoms with Crippen molar-refractivity contribution in [2.45, 2.75) is 12.5 Å². The van der Waals surface area contributed by atoms with Gasteiger partial charge in [0.05, 0.1) is 25.5 Å². The molecule has 0 aliphatic carbocycles. The third-order valence-corrected chi connectivity index (χ3v) is 4.02. The van der Waals surface area contributed by atoms with Gasteiger partial charge in [-0.05, 0) is 35.2 Å². The van der Waals surface area contributed by atoms with E-state index in [0.29, 0.717) is 19.6 Å². The third-order valence-electron chi connectivity index (χ3n) is 3.00. The molecule has 0 aliphatic rings. The topological polar surface area (TPSA) is 56.8 Å². The summed E-state index contributed by atoms with van der Waals surface area (Å²) >= 11 is 0. The molecule has 22 heavy (non-hydrogen) atoms. The molecule has 1 N–H and O–H groups in total. The van der Waals surface area contributed by atoms with Gasteiger partial charge in [-0.3, -0.25) is 4.79 Å². The number of amides is 1. The monoisotopic (exact) mass is 328 g/mol. The molecule has 0 fully saturated rings. The summed E-state index contributed by atoms with van der Waals surface area (Å²) in [5, 5.41) is 2.89. The van der Waals surface area contributed by atoms with Gasteiger partial charge in [0.25, 0.3) is 0 Å². The fourth-order valence-corrected chi connectivity index (χ4v) is 2.31. The van der Waals surface area contributed by atoms with E-state index in [1.54, 1.807) is 14.2 Å². The maximum atomic E-state index is 11.8. The molecule has 124 valence electrons. The number of carbonyl (C=O) groups excluding carboxylic acids is 1. The Balaban J connectivity index is 2.40. The van der Waals surface area contributed by atoms with Crippen LogP contribution in [0.25, 0.3) is 0 Å². The van der Waals surface area contributed by atoms with Crippen LogP contribution in [0.4, 0.5) is 5.69 Å². The zero-order valence-electron chi connectivity index (χ0n) is 13.8. The van der Waals surface area contributed by atoms with Crippen molar-refractivity contribution in [1.82, 2.24) is 0 Å². The van der Waals surface area contributed by atoms with Gasteiger partial charge < -0.3 is 19.5 Å². The highest BCUT2D eigenvalue weighted by molar-refractivity contribution is 7.95. The maximum absolute atomic E-state index is 11.8. The van der Waals surface area contributed by atoms with Crippen molar-refractivity contribution in [1.29, 1.82) is 0 Å². The first-order valence-corrected chi connectivity index (χ1v) is 9.34. The fraction of sp³-hybridized carbons (Fsp3) is 0.562. The Hall–Kier alpha value is -1.24. The number of carbonyl (C=O) groups is 1. The van der Waals surface area contributed by atoms with Crippen LogP contribution in [0.15, 0.2) is 24.3 Å². The maximum Gasteiger partial charge on any atom is 0.229 e. The van der Waals surface area contributed by atoms with E-state index >= 15 is 0 Å². The summed E-state index contributed by atoms with van der Waals surface area (Å²) in [5.74, 6) is 1.71. The second-order valence-electron chi connectivity index (χ2n) is 5.14. The standard InChI is InChI=1S/C16H25NO4S/c1-19-11-15(20-2)12-21-14-7-5-13(6-8-14)17-16(18)9-10-22(3)4/h5-8,15H,9-12H2,1-4H3/p+1/t15-/m0/s1. The zero-order chi connectivity index (χ0) is 16.4. The zero-order valence-corrected chi connectivity index (χ0v) is 14.6. The first kappa shape index (κ1) is 18.8. The quantitative estimate of drug-likeness (QED) is 0.667. The molecule has 1 aromatic rings. The highest BCUT2D eigenvalue weighted by atomic mass is 32.2. The largest absolute Gasteiger partial charge is 0.491 e. The number of rotatable bonds is 10. The first-order valence-electron chi connectivity index (χ1n) is 7.13. The van der Waals surface area contributed by atoms with Crippen molar-refractivity contribution in [3.8, 4) is 5.75 Å². The van der Waals surface area contributed by atoms with Gasteiger partial charge in [0, 0.05) is 19.9 Å². The normalized spacial score (nSPS) is 12.2. The van der Waals surface area contributed by atoms with Gasteiger partial charge in [0.15, 0.2) is 0 Å². The molecule has 0 heterocycles. The highest BCUT2D eigenvalue weighted by Gasteiger charge is 2.10. The second kappa shape index (κ2) is 10.5. The number of hydrogen-bond acceptors (Lipinski definition) is 4. The average Bonchev–Trinajstić information content (AvgIpc) is 2.51. The molecule has 6 heteroatoms. The minimum atomic E-state index is -0.0961. The Morgan fingerprint density at radius 1 is 1.18 bits per heavy atom. The van der Waals surface area contributed by atoms with Gasteiger partial charge in [-0.2, -0.15) is 0 Å². The van der Waals surface area contributed by atoms with Crippen molar-refractivity contribution in [2.24, 2.45) is 0 Å². The molecular weight excluding hydrogens is 302 g/mol. The van der Waals surface area contributed by atoms with Crippen LogP contribution in [-0.4, -0.2) is 57.7 Å². The lowest BCUT2D eigenvalue weighted by molar-refractivity contribution is -0.115. The second-order valence-corrected chi connectivity index (χ2v) is 7.52. The van der Waals surface area contributed by atoms with E-state index in [4.69, 9.17) is 14.2 Å². The van der Waals surface area contributed by atoms with E-state index < -0.39 is 0 Å². The van der Waals surface area contributed by atoms with Gasteiger partial charge in [-0.25, -0.2) is 0 Å². The summed E-state index contributed by atoms with van der Waals surface area (Å²) < 4.78 is 15.9. The third kappa shape index (κ3) is 7.68. The van der Waals surface area contributed by atoms with E-state index in [-0.39, 0.29) is 22.9 Å². The van der Waals surface area contributed by atoms with Gasteiger partial charge in [0.1, 0.15) is 24.2 Å². The van der Waals surface area contributed by atoms with E-state index in [1.807, 2.05) is 24.3 Å². The molecule has 0 radical (unpaired) electrons. The van der Waals surface area contributed by atoms with Crippen LogP contribution in [0.1, 0.15) is 6.42 Å². The Morgan fingerprint density at radius 3 is 2.41 bits per heavy atom. The van der Waals surface area contributed by atoms with Crippen molar-refractivity contribution in [3.63, 3.8) is 0 Å². The van der Waals surface area contributed by atoms with E-state index in [0.717, 1.165) is 17.2 Å². The minimum absolute atomic E-state index is 0.0504. The van der Waals surface area contributed by atoms with E-state index in [2.05, 4.69) is 17.8 Å².